The van der Waals surface area contributed by atoms with Gasteiger partial charge in [0.05, 0.1) is 6.61 Å². The van der Waals surface area contributed by atoms with E-state index in [1.807, 2.05) is 6.92 Å². The number of hydrogen-bond donors (Lipinski definition) is 1. The van der Waals surface area contributed by atoms with Gasteiger partial charge >= 0.3 is 23.9 Å². The van der Waals surface area contributed by atoms with Crippen LogP contribution in [0.2, 0.25) is 0 Å². The van der Waals surface area contributed by atoms with Crippen molar-refractivity contribution in [3.05, 3.63) is 0 Å². The van der Waals surface area contributed by atoms with E-state index < -0.39 is 30.5 Å². The van der Waals surface area contributed by atoms with Crippen LogP contribution in [0.1, 0.15) is 39.0 Å². The number of hydrogen-bond acceptors (Lipinski definition) is 3. The molecular formula is C11H16F6O3. The van der Waals surface area contributed by atoms with Gasteiger partial charge in [-0.3, -0.25) is 0 Å². The van der Waals surface area contributed by atoms with Gasteiger partial charge in [0.25, 0.3) is 0 Å². The Balaban J connectivity index is 4.54. The smallest absolute Gasteiger partial charge is 0.437 e. The van der Waals surface area contributed by atoms with E-state index >= 15 is 0 Å². The summed E-state index contributed by atoms with van der Waals surface area (Å²) in [6.45, 7) is 1.32. The molecule has 0 radical (unpaired) electrons. The highest BCUT2D eigenvalue weighted by Crippen LogP contribution is 2.43. The first-order valence-corrected chi connectivity index (χ1v) is 6.01. The second-order valence-electron chi connectivity index (χ2n) is 4.26. The van der Waals surface area contributed by atoms with Crippen LogP contribution >= 0.6 is 0 Å². The largest absolute Gasteiger partial charge is 0.463 e. The number of carbonyl (C=O) groups excluding carboxylic acids is 1. The Labute approximate surface area is 111 Å². The topological polar surface area (TPSA) is 46.5 Å². The molecule has 0 aromatic rings. The van der Waals surface area contributed by atoms with Gasteiger partial charge in [-0.25, -0.2) is 4.79 Å². The second-order valence-corrected chi connectivity index (χ2v) is 4.26. The maximum atomic E-state index is 12.3. The lowest BCUT2D eigenvalue weighted by molar-refractivity contribution is -0.356. The number of aliphatic hydroxyl groups is 1. The molecule has 20 heavy (non-hydrogen) atoms. The molecule has 0 aromatic carbocycles. The number of unbranched alkanes of at least 4 members (excludes halogenated alkanes) is 4. The molecular weight excluding hydrogens is 294 g/mol. The Morgan fingerprint density at radius 3 is 1.80 bits per heavy atom. The number of ether oxygens (including phenoxy) is 1. The lowest BCUT2D eigenvalue weighted by atomic mass is 10.0. The summed E-state index contributed by atoms with van der Waals surface area (Å²) in [5, 5.41) is 8.67. The highest BCUT2D eigenvalue weighted by molar-refractivity contribution is 5.81. The van der Waals surface area contributed by atoms with E-state index in [-0.39, 0.29) is 6.42 Å². The van der Waals surface area contributed by atoms with Crippen LogP contribution in [-0.2, 0) is 9.53 Å². The van der Waals surface area contributed by atoms with Crippen molar-refractivity contribution in [2.45, 2.75) is 57.0 Å². The summed E-state index contributed by atoms with van der Waals surface area (Å²) in [6.07, 6.45) is -9.23. The summed E-state index contributed by atoms with van der Waals surface area (Å²) in [6, 6.07) is 0. The summed E-state index contributed by atoms with van der Waals surface area (Å²) in [5.74, 6) is -2.74. The third-order valence-corrected chi connectivity index (χ3v) is 2.60. The monoisotopic (exact) mass is 310 g/mol. The summed E-state index contributed by atoms with van der Waals surface area (Å²) in [4.78, 5) is 10.9. The van der Waals surface area contributed by atoms with E-state index in [1.54, 1.807) is 0 Å². The molecule has 0 atom stereocenters. The molecule has 0 amide bonds. The van der Waals surface area contributed by atoms with Crippen LogP contribution in [0, 0.1) is 0 Å². The summed E-state index contributed by atoms with van der Waals surface area (Å²) in [5.41, 5.74) is -5.48. The summed E-state index contributed by atoms with van der Waals surface area (Å²) >= 11 is 0. The van der Waals surface area contributed by atoms with Crippen molar-refractivity contribution in [1.29, 1.82) is 0 Å². The first-order valence-electron chi connectivity index (χ1n) is 6.01. The standard InChI is InChI=1S/C11H16F6O3/c1-2-3-4-5-6-7-20-8(18)9(19,10(12,13)14)11(15,16)17/h19H,2-7H2,1H3. The van der Waals surface area contributed by atoms with Crippen molar-refractivity contribution >= 4 is 5.97 Å². The van der Waals surface area contributed by atoms with Crippen molar-refractivity contribution in [2.75, 3.05) is 6.61 Å². The Morgan fingerprint density at radius 1 is 0.950 bits per heavy atom. The van der Waals surface area contributed by atoms with Gasteiger partial charge in [0.15, 0.2) is 0 Å². The highest BCUT2D eigenvalue weighted by atomic mass is 19.4. The fraction of sp³-hybridized carbons (Fsp3) is 0.909. The third kappa shape index (κ3) is 4.53. The van der Waals surface area contributed by atoms with E-state index in [4.69, 9.17) is 5.11 Å². The van der Waals surface area contributed by atoms with Gasteiger partial charge in [0.1, 0.15) is 0 Å². The fourth-order valence-electron chi connectivity index (χ4n) is 1.37. The van der Waals surface area contributed by atoms with Crippen molar-refractivity contribution < 1.29 is 41.0 Å². The molecule has 1 N–H and O–H groups in total. The molecule has 0 saturated carbocycles. The second kappa shape index (κ2) is 7.14. The quantitative estimate of drug-likeness (QED) is 0.445. The van der Waals surface area contributed by atoms with Crippen molar-refractivity contribution in [2.24, 2.45) is 0 Å². The molecule has 0 aromatic heterocycles. The predicted molar refractivity (Wildman–Crippen MR) is 56.8 cm³/mol. The molecule has 0 spiro atoms. The molecule has 3 nitrogen and oxygen atoms in total. The molecule has 0 unspecified atom stereocenters. The molecule has 9 heteroatoms. The first-order chi connectivity index (χ1) is 8.98. The van der Waals surface area contributed by atoms with Crippen molar-refractivity contribution in [3.8, 4) is 0 Å². The summed E-state index contributed by atoms with van der Waals surface area (Å²) in [7, 11) is 0. The number of rotatable bonds is 7. The van der Waals surface area contributed by atoms with E-state index in [2.05, 4.69) is 4.74 Å². The molecule has 0 bridgehead atoms. The number of esters is 1. The van der Waals surface area contributed by atoms with Gasteiger partial charge < -0.3 is 9.84 Å². The zero-order chi connectivity index (χ0) is 16.0. The molecule has 0 rings (SSSR count). The molecule has 0 fully saturated rings. The normalized spacial score (nSPS) is 13.4. The van der Waals surface area contributed by atoms with Crippen molar-refractivity contribution in [3.63, 3.8) is 0 Å². The summed E-state index contributed by atoms with van der Waals surface area (Å²) < 4.78 is 77.4. The van der Waals surface area contributed by atoms with Gasteiger partial charge in [-0.2, -0.15) is 26.3 Å². The number of halogens is 6. The minimum atomic E-state index is -6.19. The zero-order valence-electron chi connectivity index (χ0n) is 10.8. The fourth-order valence-corrected chi connectivity index (χ4v) is 1.37. The van der Waals surface area contributed by atoms with Crippen LogP contribution in [0.3, 0.4) is 0 Å². The Bertz CT molecular complexity index is 296. The Morgan fingerprint density at radius 2 is 1.40 bits per heavy atom. The van der Waals surface area contributed by atoms with Gasteiger partial charge in [0.2, 0.25) is 0 Å². The molecule has 0 heterocycles. The van der Waals surface area contributed by atoms with Crippen LogP contribution in [0.4, 0.5) is 26.3 Å². The van der Waals surface area contributed by atoms with Crippen LogP contribution in [0.15, 0.2) is 0 Å². The predicted octanol–water partition coefficient (Wildman–Crippen LogP) is 3.36. The van der Waals surface area contributed by atoms with E-state index in [9.17, 15) is 31.1 Å². The Hall–Kier alpha value is -0.990. The van der Waals surface area contributed by atoms with E-state index in [1.165, 1.54) is 0 Å². The van der Waals surface area contributed by atoms with Crippen LogP contribution in [0.5, 0.6) is 0 Å². The molecule has 0 aliphatic rings. The minimum absolute atomic E-state index is 0.136. The van der Waals surface area contributed by atoms with Gasteiger partial charge in [0, 0.05) is 0 Å². The van der Waals surface area contributed by atoms with Gasteiger partial charge in [-0.05, 0) is 6.42 Å². The minimum Gasteiger partial charge on any atom is -0.463 e. The first kappa shape index (κ1) is 19.0. The van der Waals surface area contributed by atoms with Gasteiger partial charge in [-0.1, -0.05) is 32.6 Å². The maximum Gasteiger partial charge on any atom is 0.437 e. The average Bonchev–Trinajstić information content (AvgIpc) is 2.29. The number of carbonyl (C=O) groups is 1. The third-order valence-electron chi connectivity index (χ3n) is 2.60. The van der Waals surface area contributed by atoms with Gasteiger partial charge in [-0.15, -0.1) is 0 Å². The molecule has 0 saturated heterocycles. The van der Waals surface area contributed by atoms with E-state index in [0.29, 0.717) is 6.42 Å². The Kier molecular flexibility index (Phi) is 6.79. The molecule has 0 aliphatic heterocycles. The lowest BCUT2D eigenvalue weighted by Crippen LogP contribution is -2.63. The lowest BCUT2D eigenvalue weighted by Gasteiger charge is -2.29. The van der Waals surface area contributed by atoms with Crippen LogP contribution in [0.25, 0.3) is 0 Å². The maximum absolute atomic E-state index is 12.3. The zero-order valence-corrected chi connectivity index (χ0v) is 10.8. The molecule has 120 valence electrons. The average molecular weight is 310 g/mol. The van der Waals surface area contributed by atoms with E-state index in [0.717, 1.165) is 19.3 Å². The SMILES string of the molecule is CCCCCCCOC(=O)C(O)(C(F)(F)F)C(F)(F)F. The van der Waals surface area contributed by atoms with Crippen molar-refractivity contribution in [1.82, 2.24) is 0 Å². The van der Waals surface area contributed by atoms with Crippen LogP contribution in [-0.4, -0.2) is 35.6 Å². The molecule has 0 aliphatic carbocycles. The number of alkyl halides is 6. The highest BCUT2D eigenvalue weighted by Gasteiger charge is 2.76. The van der Waals surface area contributed by atoms with Crippen LogP contribution < -0.4 is 0 Å².